The second kappa shape index (κ2) is 2.95. The van der Waals surface area contributed by atoms with Gasteiger partial charge in [0, 0.05) is 0 Å². The highest BCUT2D eigenvalue weighted by molar-refractivity contribution is 5.87. The van der Waals surface area contributed by atoms with E-state index in [9.17, 15) is 4.39 Å². The van der Waals surface area contributed by atoms with Gasteiger partial charge in [-0.2, -0.15) is 0 Å². The maximum Gasteiger partial charge on any atom is 0.204 e. The Morgan fingerprint density at radius 3 is 2.60 bits per heavy atom. The Labute approximate surface area is 87.0 Å². The average Bonchev–Trinajstić information content (AvgIpc) is 2.47. The average molecular weight is 208 g/mol. The van der Waals surface area contributed by atoms with Gasteiger partial charge in [0.15, 0.2) is 11.6 Å². The van der Waals surface area contributed by atoms with Gasteiger partial charge in [0.05, 0.1) is 5.39 Å². The summed E-state index contributed by atoms with van der Waals surface area (Å²) < 4.78 is 18.9. The van der Waals surface area contributed by atoms with Crippen molar-refractivity contribution < 1.29 is 8.91 Å². The van der Waals surface area contributed by atoms with E-state index in [-0.39, 0.29) is 22.6 Å². The van der Waals surface area contributed by atoms with E-state index in [0.29, 0.717) is 10.9 Å². The maximum absolute atomic E-state index is 14.0. The lowest BCUT2D eigenvalue weighted by Crippen LogP contribution is -2.13. The highest BCUT2D eigenvalue weighted by Crippen LogP contribution is 2.31. The number of nitrogens with zero attached hydrogens (tertiary/aromatic N) is 1. The first kappa shape index (κ1) is 9.96. The highest BCUT2D eigenvalue weighted by atomic mass is 19.1. The van der Waals surface area contributed by atoms with Crippen LogP contribution in [0.15, 0.2) is 16.7 Å². The monoisotopic (exact) mass is 208 g/mol. The van der Waals surface area contributed by atoms with Crippen molar-refractivity contribution in [3.63, 3.8) is 0 Å². The molecule has 0 saturated carbocycles. The number of rotatable bonds is 0. The predicted molar refractivity (Wildman–Crippen MR) is 57.1 cm³/mol. The summed E-state index contributed by atoms with van der Waals surface area (Å²) in [4.78, 5) is 0. The van der Waals surface area contributed by atoms with Crippen LogP contribution in [0.1, 0.15) is 26.3 Å². The second-order valence-corrected chi connectivity index (χ2v) is 4.62. The number of aromatic nitrogens is 1. The van der Waals surface area contributed by atoms with E-state index in [1.807, 2.05) is 20.8 Å². The van der Waals surface area contributed by atoms with Gasteiger partial charge in [-0.15, -0.1) is 0 Å². The number of anilines is 1. The first-order valence-electron chi connectivity index (χ1n) is 4.75. The Morgan fingerprint density at radius 2 is 2.00 bits per heavy atom. The fraction of sp³-hybridized carbons (Fsp3) is 0.364. The third kappa shape index (κ3) is 1.46. The van der Waals surface area contributed by atoms with E-state index >= 15 is 0 Å². The zero-order valence-electron chi connectivity index (χ0n) is 8.97. The van der Waals surface area contributed by atoms with Gasteiger partial charge >= 0.3 is 0 Å². The van der Waals surface area contributed by atoms with Gasteiger partial charge in [0.25, 0.3) is 0 Å². The van der Waals surface area contributed by atoms with Crippen LogP contribution in [0, 0.1) is 5.82 Å². The lowest BCUT2D eigenvalue weighted by atomic mass is 9.86. The summed E-state index contributed by atoms with van der Waals surface area (Å²) in [6, 6.07) is 3.47. The molecule has 0 fully saturated rings. The van der Waals surface area contributed by atoms with Gasteiger partial charge in [-0.3, -0.25) is 0 Å². The Balaban J connectivity index is 2.77. The van der Waals surface area contributed by atoms with Crippen LogP contribution in [-0.4, -0.2) is 5.16 Å². The number of fused-ring (bicyclic) bond motifs is 1. The maximum atomic E-state index is 14.0. The molecule has 0 spiro atoms. The molecule has 3 nitrogen and oxygen atoms in total. The number of halogens is 1. The number of hydrogen-bond donors (Lipinski definition) is 1. The van der Waals surface area contributed by atoms with Crippen LogP contribution in [0.5, 0.6) is 0 Å². The van der Waals surface area contributed by atoms with E-state index < -0.39 is 0 Å². The molecule has 0 bridgehead atoms. The fourth-order valence-electron chi connectivity index (χ4n) is 1.57. The Morgan fingerprint density at radius 1 is 1.33 bits per heavy atom. The third-order valence-corrected chi connectivity index (χ3v) is 2.42. The lowest BCUT2D eigenvalue weighted by Gasteiger charge is -2.19. The number of nitrogens with two attached hydrogens (primary N) is 1. The Bertz CT molecular complexity index is 511. The van der Waals surface area contributed by atoms with Crippen LogP contribution < -0.4 is 5.73 Å². The largest absolute Gasteiger partial charge is 0.380 e. The smallest absolute Gasteiger partial charge is 0.204 e. The summed E-state index contributed by atoms with van der Waals surface area (Å²) in [7, 11) is 0. The fourth-order valence-corrected chi connectivity index (χ4v) is 1.57. The molecular formula is C11H13FN2O. The van der Waals surface area contributed by atoms with Crippen molar-refractivity contribution in [3.8, 4) is 0 Å². The predicted octanol–water partition coefficient (Wildman–Crippen LogP) is 2.85. The van der Waals surface area contributed by atoms with Crippen LogP contribution >= 0.6 is 0 Å². The molecule has 0 radical (unpaired) electrons. The van der Waals surface area contributed by atoms with Gasteiger partial charge in [0.2, 0.25) is 5.58 Å². The van der Waals surface area contributed by atoms with E-state index in [2.05, 4.69) is 5.16 Å². The Hall–Kier alpha value is -1.58. The molecule has 0 amide bonds. The molecule has 1 heterocycles. The topological polar surface area (TPSA) is 52.0 Å². The molecule has 1 aromatic carbocycles. The van der Waals surface area contributed by atoms with Crippen LogP contribution in [0.3, 0.4) is 0 Å². The normalized spacial score (nSPS) is 12.3. The summed E-state index contributed by atoms with van der Waals surface area (Å²) >= 11 is 0. The minimum atomic E-state index is -0.371. The van der Waals surface area contributed by atoms with Gasteiger partial charge in [0.1, 0.15) is 0 Å². The van der Waals surface area contributed by atoms with Crippen LogP contribution in [0.25, 0.3) is 11.0 Å². The zero-order chi connectivity index (χ0) is 11.2. The standard InChI is InChI=1S/C11H13FN2O/c1-11(2,3)7-5-4-6-9(8(7)12)15-14-10(6)13/h4-5H,1-3H3,(H2,13,14). The summed E-state index contributed by atoms with van der Waals surface area (Å²) in [5, 5.41) is 4.07. The van der Waals surface area contributed by atoms with E-state index in [1.54, 1.807) is 12.1 Å². The molecule has 2 N–H and O–H groups in total. The molecular weight excluding hydrogens is 195 g/mol. The van der Waals surface area contributed by atoms with Gasteiger partial charge in [-0.25, -0.2) is 4.39 Å². The highest BCUT2D eigenvalue weighted by Gasteiger charge is 2.22. The SMILES string of the molecule is CC(C)(C)c1ccc2c(N)noc2c1F. The van der Waals surface area contributed by atoms with Crippen molar-refractivity contribution in [2.75, 3.05) is 5.73 Å². The summed E-state index contributed by atoms with van der Waals surface area (Å²) in [5.74, 6) is -0.145. The summed E-state index contributed by atoms with van der Waals surface area (Å²) in [6.45, 7) is 5.82. The zero-order valence-corrected chi connectivity index (χ0v) is 8.97. The second-order valence-electron chi connectivity index (χ2n) is 4.62. The van der Waals surface area contributed by atoms with Crippen molar-refractivity contribution in [2.24, 2.45) is 0 Å². The molecule has 0 unspecified atom stereocenters. The Kier molecular flexibility index (Phi) is 1.96. The molecule has 0 atom stereocenters. The van der Waals surface area contributed by atoms with Crippen LogP contribution in [0.4, 0.5) is 10.2 Å². The molecule has 1 aromatic heterocycles. The molecule has 0 saturated heterocycles. The number of benzene rings is 1. The molecule has 0 aliphatic carbocycles. The summed E-state index contributed by atoms with van der Waals surface area (Å²) in [6.07, 6.45) is 0. The first-order valence-corrected chi connectivity index (χ1v) is 4.75. The molecule has 2 rings (SSSR count). The van der Waals surface area contributed by atoms with Crippen molar-refractivity contribution in [1.82, 2.24) is 5.16 Å². The van der Waals surface area contributed by atoms with Crippen molar-refractivity contribution in [2.45, 2.75) is 26.2 Å². The van der Waals surface area contributed by atoms with Crippen LogP contribution in [0.2, 0.25) is 0 Å². The molecule has 0 aliphatic rings. The van der Waals surface area contributed by atoms with E-state index in [1.165, 1.54) is 0 Å². The van der Waals surface area contributed by atoms with E-state index in [4.69, 9.17) is 10.3 Å². The van der Waals surface area contributed by atoms with Gasteiger partial charge in [-0.1, -0.05) is 32.0 Å². The number of nitrogen functional groups attached to an aromatic ring is 1. The minimum absolute atomic E-state index is 0.139. The number of hydrogen-bond acceptors (Lipinski definition) is 3. The first-order chi connectivity index (χ1) is 6.91. The van der Waals surface area contributed by atoms with Crippen LogP contribution in [-0.2, 0) is 5.41 Å². The van der Waals surface area contributed by atoms with Gasteiger partial charge in [-0.05, 0) is 17.0 Å². The lowest BCUT2D eigenvalue weighted by molar-refractivity contribution is 0.436. The van der Waals surface area contributed by atoms with Crippen molar-refractivity contribution in [1.29, 1.82) is 0 Å². The molecule has 80 valence electrons. The summed E-state index contributed by atoms with van der Waals surface area (Å²) in [5.41, 5.74) is 6.01. The van der Waals surface area contributed by atoms with E-state index in [0.717, 1.165) is 0 Å². The van der Waals surface area contributed by atoms with Gasteiger partial charge < -0.3 is 10.3 Å². The minimum Gasteiger partial charge on any atom is -0.380 e. The molecule has 0 aliphatic heterocycles. The third-order valence-electron chi connectivity index (χ3n) is 2.42. The quantitative estimate of drug-likeness (QED) is 0.724. The molecule has 2 aromatic rings. The van der Waals surface area contributed by atoms with Crippen molar-refractivity contribution in [3.05, 3.63) is 23.5 Å². The molecule has 4 heteroatoms. The molecule has 15 heavy (non-hydrogen) atoms. The van der Waals surface area contributed by atoms with Crippen molar-refractivity contribution >= 4 is 16.8 Å².